The van der Waals surface area contributed by atoms with Crippen molar-refractivity contribution in [3.63, 3.8) is 0 Å². The van der Waals surface area contributed by atoms with Crippen LogP contribution in [0.2, 0.25) is 0 Å². The summed E-state index contributed by atoms with van der Waals surface area (Å²) in [5, 5.41) is 8.10. The topological polar surface area (TPSA) is 68.4 Å². The van der Waals surface area contributed by atoms with Crippen molar-refractivity contribution in [2.45, 2.75) is 43.9 Å². The first kappa shape index (κ1) is 20.1. The molecule has 6 nitrogen and oxygen atoms in total. The predicted octanol–water partition coefficient (Wildman–Crippen LogP) is 4.20. The molecular formula is C21H24N4O2S2. The maximum Gasteiger partial charge on any atom is 0.350 e. The minimum atomic E-state index is -0.172. The van der Waals surface area contributed by atoms with Gasteiger partial charge in [-0.1, -0.05) is 46.2 Å². The summed E-state index contributed by atoms with van der Waals surface area (Å²) in [6.45, 7) is 0.362. The third-order valence-corrected chi connectivity index (χ3v) is 7.95. The van der Waals surface area contributed by atoms with Crippen LogP contribution in [-0.2, 0) is 11.3 Å². The molecule has 0 bridgehead atoms. The zero-order valence-electron chi connectivity index (χ0n) is 16.1. The molecule has 1 N–H and O–H groups in total. The number of pyridine rings is 1. The monoisotopic (exact) mass is 428 g/mol. The highest BCUT2D eigenvalue weighted by atomic mass is 33.1. The maximum atomic E-state index is 12.4. The molecule has 3 heterocycles. The van der Waals surface area contributed by atoms with E-state index >= 15 is 0 Å². The van der Waals surface area contributed by atoms with E-state index in [1.165, 1.54) is 27.7 Å². The van der Waals surface area contributed by atoms with Gasteiger partial charge in [-0.3, -0.25) is 9.20 Å². The molecule has 8 heteroatoms. The Bertz CT molecular complexity index is 1040. The lowest BCUT2D eigenvalue weighted by Gasteiger charge is -2.09. The smallest absolute Gasteiger partial charge is 0.326 e. The molecule has 2 aromatic heterocycles. The predicted molar refractivity (Wildman–Crippen MR) is 121 cm³/mol. The van der Waals surface area contributed by atoms with Gasteiger partial charge in [0.25, 0.3) is 0 Å². The standard InChI is InChI=1S/C21H24N4O2S2/c26-20(10-2-1-8-18-11-13-28-29-18)22-17-7-5-6-16(14-17)15-25-21(27)24-12-4-3-9-19(24)23-25/h3-7,9,12,14,18H,1-2,8,10-11,13,15H2,(H,22,26). The molecule has 1 aromatic carbocycles. The normalized spacial score (nSPS) is 16.3. The van der Waals surface area contributed by atoms with E-state index in [-0.39, 0.29) is 11.6 Å². The number of fused-ring (bicyclic) bond motifs is 1. The van der Waals surface area contributed by atoms with Gasteiger partial charge in [-0.05, 0) is 49.1 Å². The van der Waals surface area contributed by atoms with Crippen LogP contribution in [0.3, 0.4) is 0 Å². The average Bonchev–Trinajstić information content (AvgIpc) is 3.34. The SMILES string of the molecule is O=C(CCCCC1CCSS1)Nc1cccc(Cn2nc3ccccn3c2=O)c1. The quantitative estimate of drug-likeness (QED) is 0.430. The van der Waals surface area contributed by atoms with Gasteiger partial charge < -0.3 is 5.32 Å². The minimum absolute atomic E-state index is 0.0421. The number of anilines is 1. The lowest BCUT2D eigenvalue weighted by atomic mass is 10.1. The van der Waals surface area contributed by atoms with E-state index in [4.69, 9.17) is 0 Å². The fourth-order valence-corrected chi connectivity index (χ4v) is 6.46. The van der Waals surface area contributed by atoms with Crippen molar-refractivity contribution in [2.24, 2.45) is 0 Å². The number of benzene rings is 1. The van der Waals surface area contributed by atoms with Crippen LogP contribution in [0.5, 0.6) is 0 Å². The molecule has 4 rings (SSSR count). The number of hydrogen-bond donors (Lipinski definition) is 1. The number of carbonyl (C=O) groups is 1. The van der Waals surface area contributed by atoms with Gasteiger partial charge >= 0.3 is 5.69 Å². The van der Waals surface area contributed by atoms with Crippen LogP contribution in [0.1, 0.15) is 37.7 Å². The zero-order chi connectivity index (χ0) is 20.1. The third kappa shape index (κ3) is 5.25. The van der Waals surface area contributed by atoms with E-state index in [1.54, 1.807) is 12.3 Å². The van der Waals surface area contributed by atoms with E-state index in [9.17, 15) is 9.59 Å². The van der Waals surface area contributed by atoms with E-state index in [2.05, 4.69) is 10.4 Å². The third-order valence-electron chi connectivity index (χ3n) is 4.94. The number of aromatic nitrogens is 3. The average molecular weight is 429 g/mol. The Balaban J connectivity index is 1.31. The Morgan fingerprint density at radius 2 is 2.14 bits per heavy atom. The molecule has 29 heavy (non-hydrogen) atoms. The number of nitrogens with zero attached hydrogens (tertiary/aromatic N) is 3. The number of amides is 1. The van der Waals surface area contributed by atoms with Crippen LogP contribution in [0.4, 0.5) is 5.69 Å². The summed E-state index contributed by atoms with van der Waals surface area (Å²) >= 11 is 0. The molecule has 1 unspecified atom stereocenters. The van der Waals surface area contributed by atoms with E-state index < -0.39 is 0 Å². The van der Waals surface area contributed by atoms with E-state index in [0.717, 1.165) is 29.3 Å². The molecule has 0 aliphatic carbocycles. The summed E-state index contributed by atoms with van der Waals surface area (Å²) < 4.78 is 2.96. The molecule has 1 saturated heterocycles. The minimum Gasteiger partial charge on any atom is -0.326 e. The Labute approximate surface area is 177 Å². The van der Waals surface area contributed by atoms with Gasteiger partial charge in [-0.15, -0.1) is 5.10 Å². The van der Waals surface area contributed by atoms with Crippen LogP contribution >= 0.6 is 21.6 Å². The highest BCUT2D eigenvalue weighted by molar-refractivity contribution is 8.77. The van der Waals surface area contributed by atoms with E-state index in [0.29, 0.717) is 18.6 Å². The molecule has 1 aliphatic heterocycles. The Hall–Kier alpha value is -2.19. The molecule has 0 spiro atoms. The first-order chi connectivity index (χ1) is 14.2. The molecule has 1 atom stereocenters. The summed E-state index contributed by atoms with van der Waals surface area (Å²) in [6.07, 6.45) is 6.77. The Morgan fingerprint density at radius 1 is 1.21 bits per heavy atom. The first-order valence-corrected chi connectivity index (χ1v) is 12.3. The van der Waals surface area contributed by atoms with Gasteiger partial charge in [0.05, 0.1) is 6.54 Å². The number of unbranched alkanes of at least 4 members (excludes halogenated alkanes) is 1. The van der Waals surface area contributed by atoms with Crippen LogP contribution in [0, 0.1) is 0 Å². The lowest BCUT2D eigenvalue weighted by Crippen LogP contribution is -2.21. The van der Waals surface area contributed by atoms with Gasteiger partial charge in [0.1, 0.15) is 0 Å². The zero-order valence-corrected chi connectivity index (χ0v) is 17.8. The van der Waals surface area contributed by atoms with Crippen molar-refractivity contribution in [2.75, 3.05) is 11.1 Å². The lowest BCUT2D eigenvalue weighted by molar-refractivity contribution is -0.116. The fourth-order valence-electron chi connectivity index (χ4n) is 3.44. The second-order valence-electron chi connectivity index (χ2n) is 7.19. The number of nitrogens with one attached hydrogen (secondary N) is 1. The molecule has 0 radical (unpaired) electrons. The summed E-state index contributed by atoms with van der Waals surface area (Å²) in [4.78, 5) is 24.7. The van der Waals surface area contributed by atoms with Gasteiger partial charge in [0.15, 0.2) is 5.65 Å². The molecule has 3 aromatic rings. The van der Waals surface area contributed by atoms with Gasteiger partial charge in [0.2, 0.25) is 5.91 Å². The van der Waals surface area contributed by atoms with Crippen LogP contribution in [0.25, 0.3) is 5.65 Å². The van der Waals surface area contributed by atoms with Gasteiger partial charge in [-0.2, -0.15) is 0 Å². The van der Waals surface area contributed by atoms with Crippen LogP contribution in [0.15, 0.2) is 53.5 Å². The van der Waals surface area contributed by atoms with Crippen LogP contribution < -0.4 is 11.0 Å². The number of rotatable bonds is 8. The van der Waals surface area contributed by atoms with Crippen LogP contribution in [-0.4, -0.2) is 31.1 Å². The number of hydrogen-bond acceptors (Lipinski definition) is 5. The van der Waals surface area contributed by atoms with Crippen molar-refractivity contribution in [3.8, 4) is 0 Å². The molecule has 1 aliphatic rings. The van der Waals surface area contributed by atoms with Crippen molar-refractivity contribution in [1.29, 1.82) is 0 Å². The van der Waals surface area contributed by atoms with Crippen molar-refractivity contribution < 1.29 is 4.79 Å². The molecule has 0 saturated carbocycles. The second-order valence-corrected chi connectivity index (χ2v) is 9.98. The number of carbonyl (C=O) groups excluding carboxylic acids is 1. The fraction of sp³-hybridized carbons (Fsp3) is 0.381. The molecule has 1 amide bonds. The van der Waals surface area contributed by atoms with Crippen molar-refractivity contribution >= 4 is 38.8 Å². The second kappa shape index (κ2) is 9.54. The largest absolute Gasteiger partial charge is 0.350 e. The Morgan fingerprint density at radius 3 is 2.97 bits per heavy atom. The highest BCUT2D eigenvalue weighted by Gasteiger charge is 2.16. The summed E-state index contributed by atoms with van der Waals surface area (Å²) in [7, 11) is 3.96. The molecular weight excluding hydrogens is 404 g/mol. The molecule has 1 fully saturated rings. The first-order valence-electron chi connectivity index (χ1n) is 9.90. The summed E-state index contributed by atoms with van der Waals surface area (Å²) in [5.74, 6) is 1.30. The highest BCUT2D eigenvalue weighted by Crippen LogP contribution is 2.39. The van der Waals surface area contributed by atoms with Crippen molar-refractivity contribution in [1.82, 2.24) is 14.2 Å². The Kier molecular flexibility index (Phi) is 6.61. The molecule has 152 valence electrons. The van der Waals surface area contributed by atoms with Crippen molar-refractivity contribution in [3.05, 3.63) is 64.7 Å². The van der Waals surface area contributed by atoms with E-state index in [1.807, 2.05) is 58.0 Å². The summed E-state index contributed by atoms with van der Waals surface area (Å²) in [5.41, 5.74) is 2.13. The summed E-state index contributed by atoms with van der Waals surface area (Å²) in [6, 6.07) is 13.1. The van der Waals surface area contributed by atoms with Gasteiger partial charge in [0, 0.05) is 29.3 Å². The van der Waals surface area contributed by atoms with Gasteiger partial charge in [-0.25, -0.2) is 9.48 Å². The maximum absolute atomic E-state index is 12.4.